The molecule has 2 unspecified atom stereocenters. The zero-order chi connectivity index (χ0) is 29.1. The fourth-order valence-corrected chi connectivity index (χ4v) is 10.7. The number of likely N-dealkylation sites (tertiary alicyclic amines) is 1. The summed E-state index contributed by atoms with van der Waals surface area (Å²) >= 11 is -2.36. The molecule has 3 N–H and O–H groups in total. The van der Waals surface area contributed by atoms with Crippen molar-refractivity contribution in [1.82, 2.24) is 10.2 Å². The number of nitrogens with one attached hydrogen (secondary N) is 3. The monoisotopic (exact) mass is 636 g/mol. The molecule has 41 heavy (non-hydrogen) atoms. The molecular formula is C31H37AsN4O4S. The van der Waals surface area contributed by atoms with Crippen molar-refractivity contribution in [2.45, 2.75) is 44.4 Å². The third kappa shape index (κ3) is 6.69. The number of hydrogen-bond acceptors (Lipinski definition) is 6. The normalized spacial score (nSPS) is 17.8. The van der Waals surface area contributed by atoms with Crippen LogP contribution in [0.4, 0.5) is 17.1 Å². The average molecular weight is 637 g/mol. The van der Waals surface area contributed by atoms with Gasteiger partial charge in [-0.3, -0.25) is 0 Å². The van der Waals surface area contributed by atoms with E-state index in [1.54, 1.807) is 24.3 Å². The van der Waals surface area contributed by atoms with E-state index < -0.39 is 21.6 Å². The molecule has 8 nitrogen and oxygen atoms in total. The number of carbonyl (C=O) groups is 2. The van der Waals surface area contributed by atoms with Crippen molar-refractivity contribution in [2.75, 3.05) is 36.5 Å². The molecule has 2 atom stereocenters. The van der Waals surface area contributed by atoms with Gasteiger partial charge in [0.1, 0.15) is 0 Å². The Hall–Kier alpha value is -3.13. The number of benzene rings is 3. The van der Waals surface area contributed by atoms with Crippen molar-refractivity contribution in [3.63, 3.8) is 0 Å². The first-order valence-electron chi connectivity index (χ1n) is 14.0. The summed E-state index contributed by atoms with van der Waals surface area (Å²) in [6, 6.07) is 18.9. The van der Waals surface area contributed by atoms with E-state index in [-0.39, 0.29) is 11.8 Å². The summed E-state index contributed by atoms with van der Waals surface area (Å²) < 4.78 is 25.6. The first-order chi connectivity index (χ1) is 19.6. The van der Waals surface area contributed by atoms with Gasteiger partial charge in [0.05, 0.1) is 0 Å². The molecule has 0 radical (unpaired) electrons. The summed E-state index contributed by atoms with van der Waals surface area (Å²) in [4.78, 5) is 28.5. The van der Waals surface area contributed by atoms with E-state index in [2.05, 4.69) is 27.8 Å². The molecule has 2 aliphatic heterocycles. The summed E-state index contributed by atoms with van der Waals surface area (Å²) in [5, 5.41) is 9.33. The minimum atomic E-state index is -3.16. The number of rotatable bonds is 8. The van der Waals surface area contributed by atoms with Crippen LogP contribution in [0.5, 0.6) is 0 Å². The Kier molecular flexibility index (Phi) is 8.88. The van der Waals surface area contributed by atoms with Gasteiger partial charge in [-0.25, -0.2) is 0 Å². The van der Waals surface area contributed by atoms with E-state index in [0.29, 0.717) is 40.8 Å². The number of anilines is 3. The third-order valence-corrected chi connectivity index (χ3v) is 18.5. The topological polar surface area (TPSA) is 108 Å². The maximum absolute atomic E-state index is 13.1. The molecule has 0 bridgehead atoms. The van der Waals surface area contributed by atoms with Crippen LogP contribution in [0, 0.1) is 0 Å². The van der Waals surface area contributed by atoms with Crippen LogP contribution in [0.2, 0.25) is 5.71 Å². The number of fused-ring (bicyclic) bond motifs is 2. The average Bonchev–Trinajstić information content (AvgIpc) is 3.09. The van der Waals surface area contributed by atoms with Gasteiger partial charge < -0.3 is 4.90 Å². The van der Waals surface area contributed by atoms with Gasteiger partial charge in [0.2, 0.25) is 0 Å². The predicted octanol–water partition coefficient (Wildman–Crippen LogP) is 4.53. The van der Waals surface area contributed by atoms with Crippen LogP contribution in [-0.4, -0.2) is 70.6 Å². The van der Waals surface area contributed by atoms with Crippen LogP contribution in [0.15, 0.2) is 60.7 Å². The molecule has 10 heteroatoms. The van der Waals surface area contributed by atoms with Crippen LogP contribution in [-0.2, 0) is 8.10 Å². The molecule has 0 aromatic heterocycles. The molecule has 0 spiro atoms. The van der Waals surface area contributed by atoms with E-state index in [4.69, 9.17) is 0 Å². The van der Waals surface area contributed by atoms with Gasteiger partial charge in [-0.05, 0) is 32.7 Å². The van der Waals surface area contributed by atoms with Crippen LogP contribution >= 0.6 is 0 Å². The first-order valence-corrected chi connectivity index (χ1v) is 21.0. The maximum atomic E-state index is 13.1. The van der Waals surface area contributed by atoms with Crippen LogP contribution in [0.3, 0.4) is 0 Å². The molecule has 2 heterocycles. The van der Waals surface area contributed by atoms with Gasteiger partial charge in [0.25, 0.3) is 0 Å². The second kappa shape index (κ2) is 12.4. The molecule has 0 saturated carbocycles. The number of piperidine rings is 1. The standard InChI is InChI=1S/C31H37AsN4O4S/c1-21-9-6-7-17-36(21)18-8-16-33-30(37)23-13-15-27-29(20-23)34-28-19-22(12-14-25(28)31(38)35-27)24-10-4-5-11-26(24)32(2)41(3,39)40/h4-5,10-15,19-21,34H,6-9,16-18H2,1-3H3,(H,33,37)(H,35,38). The fourth-order valence-electron chi connectivity index (χ4n) is 5.49. The molecule has 1 fully saturated rings. The van der Waals surface area contributed by atoms with Gasteiger partial charge in [-0.1, -0.05) is 6.42 Å². The first kappa shape index (κ1) is 29.4. The molecule has 0 aliphatic carbocycles. The summed E-state index contributed by atoms with van der Waals surface area (Å²) in [5.74, 6) is -0.408. The van der Waals surface area contributed by atoms with Gasteiger partial charge in [0, 0.05) is 12.6 Å². The van der Waals surface area contributed by atoms with Gasteiger partial charge in [-0.2, -0.15) is 0 Å². The van der Waals surface area contributed by atoms with Crippen molar-refractivity contribution in [3.8, 4) is 11.1 Å². The van der Waals surface area contributed by atoms with Crippen LogP contribution in [0.1, 0.15) is 53.3 Å². The number of nitrogens with zero attached hydrogens (tertiary/aromatic N) is 1. The van der Waals surface area contributed by atoms with Crippen molar-refractivity contribution < 1.29 is 18.0 Å². The molecule has 3 aromatic rings. The summed E-state index contributed by atoms with van der Waals surface area (Å²) in [7, 11) is -3.16. The Labute approximate surface area is 246 Å². The van der Waals surface area contributed by atoms with Gasteiger partial charge in [-0.15, -0.1) is 0 Å². The molecule has 216 valence electrons. The molecule has 5 rings (SSSR count). The van der Waals surface area contributed by atoms with Crippen molar-refractivity contribution in [2.24, 2.45) is 0 Å². The SMILES string of the molecule is CC1CCCCN1CCCNC(=O)c1ccc2c(c1)Nc1cc(-c3ccccc3[As](C)S(C)(=O)=O)ccc1C(=O)N2. The van der Waals surface area contributed by atoms with Crippen LogP contribution in [0.25, 0.3) is 11.1 Å². The second-order valence-electron chi connectivity index (χ2n) is 10.8. The molecule has 1 saturated heterocycles. The van der Waals surface area contributed by atoms with E-state index in [1.807, 2.05) is 42.1 Å². The third-order valence-electron chi connectivity index (χ3n) is 7.96. The van der Waals surface area contributed by atoms with E-state index >= 15 is 0 Å². The Bertz CT molecular complexity index is 1580. The predicted molar refractivity (Wildman–Crippen MR) is 167 cm³/mol. The Balaban J connectivity index is 1.34. The molecular weight excluding hydrogens is 599 g/mol. The van der Waals surface area contributed by atoms with E-state index in [9.17, 15) is 18.0 Å². The van der Waals surface area contributed by atoms with E-state index in [1.165, 1.54) is 25.5 Å². The van der Waals surface area contributed by atoms with Crippen LogP contribution < -0.4 is 20.3 Å². The number of hydrogen-bond donors (Lipinski definition) is 3. The summed E-state index contributed by atoms with van der Waals surface area (Å²) in [6.45, 7) is 4.99. The van der Waals surface area contributed by atoms with E-state index in [0.717, 1.165) is 35.0 Å². The minimum absolute atomic E-state index is 0.153. The van der Waals surface area contributed by atoms with Gasteiger partial charge >= 0.3 is 190 Å². The van der Waals surface area contributed by atoms with Crippen molar-refractivity contribution >= 4 is 54.8 Å². The second-order valence-corrected chi connectivity index (χ2v) is 22.4. The number of amides is 2. The Morgan fingerprint density at radius 2 is 1.80 bits per heavy atom. The van der Waals surface area contributed by atoms with Gasteiger partial charge in [0.15, 0.2) is 0 Å². The zero-order valence-corrected chi connectivity index (χ0v) is 26.4. The molecule has 2 aliphatic rings. The van der Waals surface area contributed by atoms with Crippen molar-refractivity contribution in [1.29, 1.82) is 0 Å². The Morgan fingerprint density at radius 1 is 1.00 bits per heavy atom. The van der Waals surface area contributed by atoms with Crippen molar-refractivity contribution in [3.05, 3.63) is 71.8 Å². The number of carbonyl (C=O) groups excluding carboxylic acids is 2. The zero-order valence-electron chi connectivity index (χ0n) is 23.7. The Morgan fingerprint density at radius 3 is 2.59 bits per heavy atom. The molecule has 2 amide bonds. The fraction of sp³-hybridized carbons (Fsp3) is 0.355. The molecule has 3 aromatic carbocycles. The summed E-state index contributed by atoms with van der Waals surface area (Å²) in [5.41, 5.74) is 6.28. The summed E-state index contributed by atoms with van der Waals surface area (Å²) in [6.07, 6.45) is 5.97. The quantitative estimate of drug-likeness (QED) is 0.248.